The molecule has 80 valence electrons. The van der Waals surface area contributed by atoms with Crippen molar-refractivity contribution < 1.29 is 4.74 Å². The highest BCUT2D eigenvalue weighted by atomic mass is 16.5. The van der Waals surface area contributed by atoms with Crippen molar-refractivity contribution in [2.75, 3.05) is 13.7 Å². The van der Waals surface area contributed by atoms with Crippen molar-refractivity contribution in [3.8, 4) is 18.1 Å². The standard InChI is InChI=1S/C13H17NO/c1-5-6-15-13-10(2)7-12(9-14-4)8-11(13)3/h1,7-8,14H,6,9H2,2-4H3. The van der Waals surface area contributed by atoms with Crippen LogP contribution in [0.2, 0.25) is 0 Å². The monoisotopic (exact) mass is 203 g/mol. The highest BCUT2D eigenvalue weighted by molar-refractivity contribution is 5.43. The quantitative estimate of drug-likeness (QED) is 0.756. The van der Waals surface area contributed by atoms with Gasteiger partial charge in [-0.2, -0.15) is 0 Å². The molecule has 15 heavy (non-hydrogen) atoms. The minimum Gasteiger partial charge on any atom is -0.480 e. The zero-order valence-electron chi connectivity index (χ0n) is 9.55. The van der Waals surface area contributed by atoms with Crippen molar-refractivity contribution in [2.45, 2.75) is 20.4 Å². The van der Waals surface area contributed by atoms with E-state index in [2.05, 4.69) is 23.4 Å². The van der Waals surface area contributed by atoms with E-state index in [1.165, 1.54) is 5.56 Å². The van der Waals surface area contributed by atoms with Gasteiger partial charge in [0.1, 0.15) is 12.4 Å². The number of ether oxygens (including phenoxy) is 1. The maximum absolute atomic E-state index is 5.49. The summed E-state index contributed by atoms with van der Waals surface area (Å²) in [4.78, 5) is 0. The number of terminal acetylenes is 1. The van der Waals surface area contributed by atoms with Crippen LogP contribution < -0.4 is 10.1 Å². The van der Waals surface area contributed by atoms with E-state index in [4.69, 9.17) is 11.2 Å². The van der Waals surface area contributed by atoms with Crippen LogP contribution in [0, 0.1) is 26.2 Å². The third-order valence-electron chi connectivity index (χ3n) is 2.20. The Hall–Kier alpha value is -1.46. The lowest BCUT2D eigenvalue weighted by atomic mass is 10.1. The van der Waals surface area contributed by atoms with E-state index in [1.54, 1.807) is 0 Å². The van der Waals surface area contributed by atoms with Crippen LogP contribution in [0.25, 0.3) is 0 Å². The molecule has 1 rings (SSSR count). The van der Waals surface area contributed by atoms with Gasteiger partial charge in [-0.15, -0.1) is 6.42 Å². The summed E-state index contributed by atoms with van der Waals surface area (Å²) in [6, 6.07) is 4.24. The molecule has 0 heterocycles. The first kappa shape index (κ1) is 11.6. The SMILES string of the molecule is C#CCOc1c(C)cc(CNC)cc1C. The molecule has 1 N–H and O–H groups in total. The van der Waals surface area contributed by atoms with Gasteiger partial charge in [0.15, 0.2) is 0 Å². The van der Waals surface area contributed by atoms with Gasteiger partial charge >= 0.3 is 0 Å². The molecule has 1 aromatic rings. The molecule has 0 aliphatic heterocycles. The molecule has 0 unspecified atom stereocenters. The second-order valence-corrected chi connectivity index (χ2v) is 3.58. The second kappa shape index (κ2) is 5.43. The lowest BCUT2D eigenvalue weighted by Crippen LogP contribution is -2.06. The molecule has 0 atom stereocenters. The molecule has 0 radical (unpaired) electrons. The molecule has 0 saturated carbocycles. The number of hydrogen-bond donors (Lipinski definition) is 1. The van der Waals surface area contributed by atoms with Crippen LogP contribution in [0.15, 0.2) is 12.1 Å². The number of aryl methyl sites for hydroxylation is 2. The summed E-state index contributed by atoms with van der Waals surface area (Å²) in [5, 5.41) is 3.13. The van der Waals surface area contributed by atoms with E-state index in [1.807, 2.05) is 20.9 Å². The lowest BCUT2D eigenvalue weighted by molar-refractivity contribution is 0.365. The Balaban J connectivity index is 2.94. The smallest absolute Gasteiger partial charge is 0.148 e. The minimum atomic E-state index is 0.326. The predicted molar refractivity (Wildman–Crippen MR) is 63.0 cm³/mol. The first-order chi connectivity index (χ1) is 7.19. The van der Waals surface area contributed by atoms with Crippen LogP contribution in [0.3, 0.4) is 0 Å². The van der Waals surface area contributed by atoms with Crippen LogP contribution in [0.1, 0.15) is 16.7 Å². The largest absolute Gasteiger partial charge is 0.480 e. The average Bonchev–Trinajstić information content (AvgIpc) is 2.17. The van der Waals surface area contributed by atoms with Gasteiger partial charge in [0.25, 0.3) is 0 Å². The van der Waals surface area contributed by atoms with Gasteiger partial charge in [0.05, 0.1) is 0 Å². The van der Waals surface area contributed by atoms with Crippen molar-refractivity contribution in [3.63, 3.8) is 0 Å². The normalized spacial score (nSPS) is 9.73. The fraction of sp³-hybridized carbons (Fsp3) is 0.385. The summed E-state index contributed by atoms with van der Waals surface area (Å²) in [5.41, 5.74) is 3.53. The Morgan fingerprint density at radius 2 is 1.93 bits per heavy atom. The first-order valence-electron chi connectivity index (χ1n) is 5.00. The molecule has 1 aromatic carbocycles. The molecule has 0 aliphatic carbocycles. The van der Waals surface area contributed by atoms with Gasteiger partial charge in [-0.25, -0.2) is 0 Å². The Labute approximate surface area is 91.6 Å². The van der Waals surface area contributed by atoms with Gasteiger partial charge in [-0.05, 0) is 37.6 Å². The zero-order valence-corrected chi connectivity index (χ0v) is 9.55. The third kappa shape index (κ3) is 3.00. The number of hydrogen-bond acceptors (Lipinski definition) is 2. The highest BCUT2D eigenvalue weighted by Crippen LogP contribution is 2.24. The Morgan fingerprint density at radius 3 is 2.40 bits per heavy atom. The molecular formula is C13H17NO. The van der Waals surface area contributed by atoms with Gasteiger partial charge in [0, 0.05) is 6.54 Å². The molecule has 0 aromatic heterocycles. The van der Waals surface area contributed by atoms with Gasteiger partial charge in [-0.1, -0.05) is 18.1 Å². The Kier molecular flexibility index (Phi) is 4.20. The predicted octanol–water partition coefficient (Wildman–Crippen LogP) is 2.03. The van der Waals surface area contributed by atoms with E-state index < -0.39 is 0 Å². The fourth-order valence-electron chi connectivity index (χ4n) is 1.69. The number of rotatable bonds is 4. The molecule has 0 amide bonds. The molecule has 2 heteroatoms. The lowest BCUT2D eigenvalue weighted by Gasteiger charge is -2.12. The van der Waals surface area contributed by atoms with Crippen molar-refractivity contribution in [1.29, 1.82) is 0 Å². The topological polar surface area (TPSA) is 21.3 Å². The Morgan fingerprint density at radius 1 is 1.33 bits per heavy atom. The van der Waals surface area contributed by atoms with Crippen LogP contribution in [0.5, 0.6) is 5.75 Å². The molecule has 0 fully saturated rings. The van der Waals surface area contributed by atoms with E-state index in [-0.39, 0.29) is 0 Å². The zero-order chi connectivity index (χ0) is 11.3. The van der Waals surface area contributed by atoms with Crippen LogP contribution in [-0.2, 0) is 6.54 Å². The van der Waals surface area contributed by atoms with Crippen molar-refractivity contribution in [2.24, 2.45) is 0 Å². The first-order valence-corrected chi connectivity index (χ1v) is 5.00. The van der Waals surface area contributed by atoms with Crippen LogP contribution in [0.4, 0.5) is 0 Å². The highest BCUT2D eigenvalue weighted by Gasteiger charge is 2.05. The Bertz CT molecular complexity index is 354. The van der Waals surface area contributed by atoms with Crippen molar-refractivity contribution in [1.82, 2.24) is 5.32 Å². The van der Waals surface area contributed by atoms with Gasteiger partial charge < -0.3 is 10.1 Å². The maximum Gasteiger partial charge on any atom is 0.148 e. The van der Waals surface area contributed by atoms with E-state index >= 15 is 0 Å². The fourth-order valence-corrected chi connectivity index (χ4v) is 1.69. The second-order valence-electron chi connectivity index (χ2n) is 3.58. The van der Waals surface area contributed by atoms with Gasteiger partial charge in [-0.3, -0.25) is 0 Å². The summed E-state index contributed by atoms with van der Waals surface area (Å²) in [6.07, 6.45) is 5.17. The van der Waals surface area contributed by atoms with Gasteiger partial charge in [0.2, 0.25) is 0 Å². The summed E-state index contributed by atoms with van der Waals surface area (Å²) < 4.78 is 5.49. The summed E-state index contributed by atoms with van der Waals surface area (Å²) in [6.45, 7) is 5.28. The van der Waals surface area contributed by atoms with E-state index in [0.29, 0.717) is 6.61 Å². The van der Waals surface area contributed by atoms with Crippen molar-refractivity contribution >= 4 is 0 Å². The minimum absolute atomic E-state index is 0.326. The van der Waals surface area contributed by atoms with Crippen LogP contribution >= 0.6 is 0 Å². The summed E-state index contributed by atoms with van der Waals surface area (Å²) in [5.74, 6) is 3.39. The molecule has 2 nitrogen and oxygen atoms in total. The molecule has 0 spiro atoms. The number of benzene rings is 1. The van der Waals surface area contributed by atoms with E-state index in [0.717, 1.165) is 23.4 Å². The summed E-state index contributed by atoms with van der Waals surface area (Å²) >= 11 is 0. The third-order valence-corrected chi connectivity index (χ3v) is 2.20. The maximum atomic E-state index is 5.49. The molecule has 0 saturated heterocycles. The number of nitrogens with one attached hydrogen (secondary N) is 1. The van der Waals surface area contributed by atoms with E-state index in [9.17, 15) is 0 Å². The molecule has 0 bridgehead atoms. The van der Waals surface area contributed by atoms with Crippen LogP contribution in [-0.4, -0.2) is 13.7 Å². The molecular weight excluding hydrogens is 186 g/mol. The van der Waals surface area contributed by atoms with Crippen molar-refractivity contribution in [3.05, 3.63) is 28.8 Å². The average molecular weight is 203 g/mol. The molecule has 0 aliphatic rings. The summed E-state index contributed by atoms with van der Waals surface area (Å²) in [7, 11) is 1.94.